The highest BCUT2D eigenvalue weighted by molar-refractivity contribution is 7.86. The summed E-state index contributed by atoms with van der Waals surface area (Å²) in [4.78, 5) is -1.63. The summed E-state index contributed by atoms with van der Waals surface area (Å²) in [6, 6.07) is 9.79. The molecular formula is C17H15N5O7S2. The standard InChI is InChI=1S/C17H15N5O7S2/c1-19-21-15-11(30(24,25)26)7-9-8-12(31(27,28)29)16(17(23)13(9)14(15)18)22-20-10-5-3-2-4-6-10/h2-8,23H,18H2,1H3,(H,24,25,26)(H,27,28,29). The van der Waals surface area contributed by atoms with E-state index in [1.807, 2.05) is 0 Å². The van der Waals surface area contributed by atoms with Crippen molar-refractivity contribution >= 4 is 53.8 Å². The van der Waals surface area contributed by atoms with Crippen LogP contribution in [0.1, 0.15) is 0 Å². The molecule has 0 amide bonds. The van der Waals surface area contributed by atoms with Crippen molar-refractivity contribution in [3.05, 3.63) is 42.5 Å². The lowest BCUT2D eigenvalue weighted by Gasteiger charge is -2.14. The molecule has 0 aromatic heterocycles. The van der Waals surface area contributed by atoms with Crippen LogP contribution < -0.4 is 5.73 Å². The minimum atomic E-state index is -4.94. The average molecular weight is 465 g/mol. The van der Waals surface area contributed by atoms with Crippen molar-refractivity contribution in [3.8, 4) is 5.75 Å². The second-order valence-electron chi connectivity index (χ2n) is 6.09. The van der Waals surface area contributed by atoms with Gasteiger partial charge in [0.1, 0.15) is 21.2 Å². The number of nitrogens with zero attached hydrogens (tertiary/aromatic N) is 4. The third-order valence-electron chi connectivity index (χ3n) is 4.09. The molecule has 5 N–H and O–H groups in total. The van der Waals surface area contributed by atoms with Gasteiger partial charge in [-0.15, -0.1) is 5.11 Å². The molecule has 0 radical (unpaired) electrons. The number of phenolic OH excluding ortho intramolecular Hbond substituents is 1. The van der Waals surface area contributed by atoms with Gasteiger partial charge in [0.05, 0.1) is 16.8 Å². The molecule has 12 nitrogen and oxygen atoms in total. The number of benzene rings is 3. The van der Waals surface area contributed by atoms with Gasteiger partial charge in [-0.2, -0.15) is 32.2 Å². The first-order chi connectivity index (χ1) is 14.4. The Hall–Kier alpha value is -3.46. The van der Waals surface area contributed by atoms with Crippen LogP contribution in [0.25, 0.3) is 10.8 Å². The topological polar surface area (TPSA) is 204 Å². The Labute approximate surface area is 176 Å². The number of nitrogen functional groups attached to an aromatic ring is 1. The van der Waals surface area contributed by atoms with Crippen LogP contribution in [-0.2, 0) is 20.2 Å². The highest BCUT2D eigenvalue weighted by Crippen LogP contribution is 2.48. The van der Waals surface area contributed by atoms with Crippen LogP contribution in [0.5, 0.6) is 5.75 Å². The second-order valence-corrected chi connectivity index (χ2v) is 8.87. The Bertz CT molecular complexity index is 1450. The highest BCUT2D eigenvalue weighted by Gasteiger charge is 2.27. The third kappa shape index (κ3) is 4.36. The van der Waals surface area contributed by atoms with Gasteiger partial charge in [0, 0.05) is 7.05 Å². The number of azo groups is 2. The van der Waals surface area contributed by atoms with E-state index in [2.05, 4.69) is 20.5 Å². The zero-order valence-corrected chi connectivity index (χ0v) is 17.3. The van der Waals surface area contributed by atoms with Crippen LogP contribution in [-0.4, -0.2) is 38.1 Å². The fraction of sp³-hybridized carbons (Fsp3) is 0.0588. The molecule has 0 atom stereocenters. The quantitative estimate of drug-likeness (QED) is 0.247. The molecule has 0 aliphatic carbocycles. The molecule has 3 aromatic rings. The normalized spacial score (nSPS) is 12.9. The maximum Gasteiger partial charge on any atom is 0.296 e. The van der Waals surface area contributed by atoms with Crippen molar-refractivity contribution in [1.82, 2.24) is 0 Å². The zero-order chi connectivity index (χ0) is 23.0. The molecule has 0 aliphatic rings. The van der Waals surface area contributed by atoms with Gasteiger partial charge in [0.25, 0.3) is 20.2 Å². The van der Waals surface area contributed by atoms with Crippen molar-refractivity contribution in [1.29, 1.82) is 0 Å². The number of anilines is 1. The lowest BCUT2D eigenvalue weighted by atomic mass is 10.1. The minimum Gasteiger partial charge on any atom is -0.505 e. The van der Waals surface area contributed by atoms with Crippen LogP contribution in [0.4, 0.5) is 22.7 Å². The molecule has 3 rings (SSSR count). The number of nitrogens with two attached hydrogens (primary N) is 1. The van der Waals surface area contributed by atoms with E-state index in [-0.39, 0.29) is 10.8 Å². The molecule has 0 spiro atoms. The van der Waals surface area contributed by atoms with Gasteiger partial charge in [0.2, 0.25) is 0 Å². The van der Waals surface area contributed by atoms with Crippen molar-refractivity contribution in [3.63, 3.8) is 0 Å². The minimum absolute atomic E-state index is 0.232. The number of fused-ring (bicyclic) bond motifs is 1. The van der Waals surface area contributed by atoms with Gasteiger partial charge in [-0.05, 0) is 29.7 Å². The number of rotatable bonds is 5. The molecule has 14 heteroatoms. The maximum atomic E-state index is 11.9. The van der Waals surface area contributed by atoms with E-state index >= 15 is 0 Å². The van der Waals surface area contributed by atoms with Crippen molar-refractivity contribution in [2.24, 2.45) is 20.5 Å². The summed E-state index contributed by atoms with van der Waals surface area (Å²) in [5.74, 6) is -0.809. The fourth-order valence-corrected chi connectivity index (χ4v) is 4.14. The van der Waals surface area contributed by atoms with Gasteiger partial charge in [-0.3, -0.25) is 9.11 Å². The van der Waals surface area contributed by atoms with Gasteiger partial charge in [-0.1, -0.05) is 18.2 Å². The first-order valence-electron chi connectivity index (χ1n) is 8.29. The van der Waals surface area contributed by atoms with Crippen LogP contribution in [0, 0.1) is 0 Å². The van der Waals surface area contributed by atoms with Gasteiger partial charge >= 0.3 is 0 Å². The Morgan fingerprint density at radius 2 is 1.39 bits per heavy atom. The molecule has 0 fully saturated rings. The van der Waals surface area contributed by atoms with E-state index < -0.39 is 52.8 Å². The molecule has 0 heterocycles. The smallest absolute Gasteiger partial charge is 0.296 e. The predicted molar refractivity (Wildman–Crippen MR) is 111 cm³/mol. The van der Waals surface area contributed by atoms with E-state index in [9.17, 15) is 31.0 Å². The predicted octanol–water partition coefficient (Wildman–Crippen LogP) is 3.75. The molecule has 162 valence electrons. The van der Waals surface area contributed by atoms with Crippen LogP contribution in [0.2, 0.25) is 0 Å². The second kappa shape index (κ2) is 7.99. The molecule has 0 unspecified atom stereocenters. The lowest BCUT2D eigenvalue weighted by Crippen LogP contribution is -2.03. The van der Waals surface area contributed by atoms with E-state index in [1.165, 1.54) is 7.05 Å². The Balaban J connectivity index is 2.46. The van der Waals surface area contributed by atoms with Crippen LogP contribution in [0.3, 0.4) is 0 Å². The zero-order valence-electron chi connectivity index (χ0n) is 15.7. The Morgan fingerprint density at radius 3 is 1.90 bits per heavy atom. The Morgan fingerprint density at radius 1 is 0.839 bits per heavy atom. The monoisotopic (exact) mass is 465 g/mol. The van der Waals surface area contributed by atoms with E-state index in [1.54, 1.807) is 30.3 Å². The van der Waals surface area contributed by atoms with E-state index in [0.717, 1.165) is 12.1 Å². The number of hydrogen-bond donors (Lipinski definition) is 4. The van der Waals surface area contributed by atoms with Crippen molar-refractivity contribution < 1.29 is 31.0 Å². The first kappa shape index (κ1) is 22.2. The summed E-state index contributed by atoms with van der Waals surface area (Å²) in [5, 5.41) is 24.9. The van der Waals surface area contributed by atoms with Gasteiger partial charge in [0.15, 0.2) is 5.75 Å². The van der Waals surface area contributed by atoms with Crippen molar-refractivity contribution in [2.75, 3.05) is 12.8 Å². The van der Waals surface area contributed by atoms with Crippen molar-refractivity contribution in [2.45, 2.75) is 9.79 Å². The number of hydrogen-bond acceptors (Lipinski definition) is 10. The molecule has 3 aromatic carbocycles. The Kier molecular flexibility index (Phi) is 5.73. The molecular weight excluding hydrogens is 450 g/mol. The van der Waals surface area contributed by atoms with Gasteiger partial charge < -0.3 is 10.8 Å². The summed E-state index contributed by atoms with van der Waals surface area (Å²) in [6.45, 7) is 0. The molecule has 0 bridgehead atoms. The number of phenols is 1. The van der Waals surface area contributed by atoms with Crippen LogP contribution in [0.15, 0.2) is 72.7 Å². The van der Waals surface area contributed by atoms with Gasteiger partial charge in [-0.25, -0.2) is 0 Å². The molecule has 0 aliphatic heterocycles. The average Bonchev–Trinajstić information content (AvgIpc) is 2.68. The molecule has 31 heavy (non-hydrogen) atoms. The first-order valence-corrected chi connectivity index (χ1v) is 11.2. The molecule has 0 saturated carbocycles. The summed E-state index contributed by atoms with van der Waals surface area (Å²) in [7, 11) is -8.58. The summed E-state index contributed by atoms with van der Waals surface area (Å²) < 4.78 is 66.4. The number of aromatic hydroxyl groups is 1. The summed E-state index contributed by atoms with van der Waals surface area (Å²) >= 11 is 0. The lowest BCUT2D eigenvalue weighted by molar-refractivity contribution is 0.472. The SMILES string of the molecule is CN=Nc1c(S(=O)(=O)O)cc2cc(S(=O)(=O)O)c(N=Nc3ccccc3)c(O)c2c1N. The maximum absolute atomic E-state index is 11.9. The largest absolute Gasteiger partial charge is 0.505 e. The third-order valence-corrected chi connectivity index (χ3v) is 5.83. The summed E-state index contributed by atoms with van der Waals surface area (Å²) in [5.41, 5.74) is 4.75. The molecule has 0 saturated heterocycles. The van der Waals surface area contributed by atoms with Crippen LogP contribution >= 0.6 is 0 Å². The summed E-state index contributed by atoms with van der Waals surface area (Å²) in [6.07, 6.45) is 0. The van der Waals surface area contributed by atoms with E-state index in [0.29, 0.717) is 5.69 Å². The fourth-order valence-electron chi connectivity index (χ4n) is 2.81. The highest BCUT2D eigenvalue weighted by atomic mass is 32.2. The van der Waals surface area contributed by atoms with E-state index in [4.69, 9.17) is 5.73 Å².